The van der Waals surface area contributed by atoms with Gasteiger partial charge in [-0.3, -0.25) is 0 Å². The zero-order valence-electron chi connectivity index (χ0n) is 16.8. The largest absolute Gasteiger partial charge is 0.355 e. The van der Waals surface area contributed by atoms with Gasteiger partial charge in [0.25, 0.3) is 0 Å². The van der Waals surface area contributed by atoms with Crippen LogP contribution in [0.5, 0.6) is 0 Å². The molecule has 1 aliphatic heterocycles. The molecule has 158 valence electrons. The summed E-state index contributed by atoms with van der Waals surface area (Å²) in [4.78, 5) is 0. The van der Waals surface area contributed by atoms with Crippen LogP contribution in [0.15, 0.2) is 36.4 Å². The molecule has 3 nitrogen and oxygen atoms in total. The maximum Gasteiger partial charge on any atom is 0.194 e. The molecule has 0 saturated carbocycles. The third-order valence-electron chi connectivity index (χ3n) is 5.34. The molecule has 6 heteroatoms. The minimum absolute atomic E-state index is 0.175. The Morgan fingerprint density at radius 1 is 0.966 bits per heavy atom. The fraction of sp³-hybridized carbons (Fsp3) is 0.478. The van der Waals surface area contributed by atoms with Crippen LogP contribution in [0.1, 0.15) is 51.0 Å². The molecular weight excluding hydrogens is 379 g/mol. The van der Waals surface area contributed by atoms with Gasteiger partial charge in [-0.05, 0) is 43.4 Å². The van der Waals surface area contributed by atoms with Crippen molar-refractivity contribution in [2.45, 2.75) is 57.7 Å². The average molecular weight is 407 g/mol. The van der Waals surface area contributed by atoms with Crippen LogP contribution in [-0.4, -0.2) is 19.0 Å². The summed E-state index contributed by atoms with van der Waals surface area (Å²) in [6.45, 7) is 3.65. The van der Waals surface area contributed by atoms with Crippen molar-refractivity contribution in [2.24, 2.45) is 0 Å². The van der Waals surface area contributed by atoms with Crippen molar-refractivity contribution in [2.75, 3.05) is 18.5 Å². The summed E-state index contributed by atoms with van der Waals surface area (Å²) in [6, 6.07) is 9.56. The SMILES string of the molecule is CCC1(OCCCCCCc2ccc(Nc3cc(F)c(F)c(F)c3)cc2)CCO1. The molecule has 2 aromatic rings. The Morgan fingerprint density at radius 2 is 1.62 bits per heavy atom. The van der Waals surface area contributed by atoms with E-state index in [1.807, 2.05) is 24.3 Å². The summed E-state index contributed by atoms with van der Waals surface area (Å²) < 4.78 is 51.0. The van der Waals surface area contributed by atoms with Crippen LogP contribution in [0, 0.1) is 17.5 Å². The van der Waals surface area contributed by atoms with Gasteiger partial charge in [0.05, 0.1) is 13.2 Å². The average Bonchev–Trinajstić information content (AvgIpc) is 2.68. The molecule has 1 aliphatic rings. The Balaban J connectivity index is 1.34. The van der Waals surface area contributed by atoms with Crippen LogP contribution in [-0.2, 0) is 15.9 Å². The van der Waals surface area contributed by atoms with E-state index in [0.717, 1.165) is 70.3 Å². The number of anilines is 2. The van der Waals surface area contributed by atoms with E-state index in [2.05, 4.69) is 12.2 Å². The van der Waals surface area contributed by atoms with E-state index < -0.39 is 17.5 Å². The molecule has 1 fully saturated rings. The lowest BCUT2D eigenvalue weighted by molar-refractivity contribution is -0.308. The lowest BCUT2D eigenvalue weighted by Gasteiger charge is -2.40. The van der Waals surface area contributed by atoms with Crippen molar-refractivity contribution >= 4 is 11.4 Å². The maximum absolute atomic E-state index is 13.3. The van der Waals surface area contributed by atoms with E-state index in [-0.39, 0.29) is 11.5 Å². The molecule has 0 radical (unpaired) electrons. The quantitative estimate of drug-likeness (QED) is 0.341. The lowest BCUT2D eigenvalue weighted by Crippen LogP contribution is -2.45. The molecule has 1 atom stereocenters. The first-order valence-electron chi connectivity index (χ1n) is 10.3. The van der Waals surface area contributed by atoms with Gasteiger partial charge in [-0.25, -0.2) is 13.2 Å². The minimum atomic E-state index is -1.46. The summed E-state index contributed by atoms with van der Waals surface area (Å²) in [5.74, 6) is -4.18. The third kappa shape index (κ3) is 5.97. The van der Waals surface area contributed by atoms with Crippen LogP contribution in [0.4, 0.5) is 24.5 Å². The van der Waals surface area contributed by atoms with E-state index in [0.29, 0.717) is 5.69 Å². The van der Waals surface area contributed by atoms with Gasteiger partial charge in [-0.2, -0.15) is 0 Å². The van der Waals surface area contributed by atoms with Crippen LogP contribution in [0.25, 0.3) is 0 Å². The van der Waals surface area contributed by atoms with Crippen LogP contribution in [0.3, 0.4) is 0 Å². The Hall–Kier alpha value is -2.05. The second kappa shape index (κ2) is 10.1. The highest BCUT2D eigenvalue weighted by Gasteiger charge is 2.37. The summed E-state index contributed by atoms with van der Waals surface area (Å²) in [6.07, 6.45) is 7.28. The molecule has 0 amide bonds. The number of nitrogens with one attached hydrogen (secondary N) is 1. The van der Waals surface area contributed by atoms with Gasteiger partial charge < -0.3 is 14.8 Å². The molecular formula is C23H28F3NO2. The molecule has 1 unspecified atom stereocenters. The number of aryl methyl sites for hydroxylation is 1. The molecule has 3 rings (SSSR count). The van der Waals surface area contributed by atoms with E-state index in [4.69, 9.17) is 9.47 Å². The Kier molecular flexibility index (Phi) is 7.56. The van der Waals surface area contributed by atoms with Crippen molar-refractivity contribution in [1.82, 2.24) is 0 Å². The Morgan fingerprint density at radius 3 is 2.21 bits per heavy atom. The predicted molar refractivity (Wildman–Crippen MR) is 108 cm³/mol. The second-order valence-electron chi connectivity index (χ2n) is 7.45. The molecule has 1 heterocycles. The maximum atomic E-state index is 13.3. The van der Waals surface area contributed by atoms with Crippen molar-refractivity contribution in [3.8, 4) is 0 Å². The van der Waals surface area contributed by atoms with Crippen LogP contribution >= 0.6 is 0 Å². The van der Waals surface area contributed by atoms with E-state index >= 15 is 0 Å². The molecule has 0 aromatic heterocycles. The number of rotatable bonds is 11. The fourth-order valence-corrected chi connectivity index (χ4v) is 3.42. The fourth-order valence-electron chi connectivity index (χ4n) is 3.42. The summed E-state index contributed by atoms with van der Waals surface area (Å²) >= 11 is 0. The van der Waals surface area contributed by atoms with Crippen LogP contribution < -0.4 is 5.32 Å². The first kappa shape index (κ1) is 21.7. The highest BCUT2D eigenvalue weighted by molar-refractivity contribution is 5.60. The number of benzene rings is 2. The minimum Gasteiger partial charge on any atom is -0.355 e. The van der Waals surface area contributed by atoms with Crippen molar-refractivity contribution in [3.63, 3.8) is 0 Å². The van der Waals surface area contributed by atoms with E-state index in [1.54, 1.807) is 0 Å². The number of hydrogen-bond acceptors (Lipinski definition) is 3. The van der Waals surface area contributed by atoms with Gasteiger partial charge in [-0.15, -0.1) is 0 Å². The first-order valence-corrected chi connectivity index (χ1v) is 10.3. The topological polar surface area (TPSA) is 30.5 Å². The molecule has 1 saturated heterocycles. The van der Waals surface area contributed by atoms with Gasteiger partial charge in [0.1, 0.15) is 0 Å². The van der Waals surface area contributed by atoms with Gasteiger partial charge in [0.15, 0.2) is 23.2 Å². The molecule has 2 aromatic carbocycles. The molecule has 0 aliphatic carbocycles. The third-order valence-corrected chi connectivity index (χ3v) is 5.34. The lowest BCUT2D eigenvalue weighted by atomic mass is 10.1. The number of ether oxygens (including phenoxy) is 2. The van der Waals surface area contributed by atoms with Crippen molar-refractivity contribution < 1.29 is 22.6 Å². The zero-order chi connectivity index (χ0) is 20.7. The zero-order valence-corrected chi connectivity index (χ0v) is 16.8. The molecule has 1 N–H and O–H groups in total. The predicted octanol–water partition coefficient (Wildman–Crippen LogP) is 6.49. The monoisotopic (exact) mass is 407 g/mol. The molecule has 29 heavy (non-hydrogen) atoms. The van der Waals surface area contributed by atoms with Gasteiger partial charge in [0, 0.05) is 29.9 Å². The smallest absolute Gasteiger partial charge is 0.194 e. The summed E-state index contributed by atoms with van der Waals surface area (Å²) in [7, 11) is 0. The van der Waals surface area contributed by atoms with Gasteiger partial charge in [0.2, 0.25) is 0 Å². The van der Waals surface area contributed by atoms with Gasteiger partial charge in [-0.1, -0.05) is 31.9 Å². The molecule has 0 spiro atoms. The summed E-state index contributed by atoms with van der Waals surface area (Å²) in [5.41, 5.74) is 2.07. The Labute approximate surface area is 170 Å². The van der Waals surface area contributed by atoms with Crippen LogP contribution in [0.2, 0.25) is 0 Å². The first-order chi connectivity index (χ1) is 14.0. The second-order valence-corrected chi connectivity index (χ2v) is 7.45. The summed E-state index contributed by atoms with van der Waals surface area (Å²) in [5, 5.41) is 2.89. The van der Waals surface area contributed by atoms with Crippen molar-refractivity contribution in [1.29, 1.82) is 0 Å². The normalized spacial score (nSPS) is 18.5. The van der Waals surface area contributed by atoms with E-state index in [1.165, 1.54) is 5.56 Å². The highest BCUT2D eigenvalue weighted by Crippen LogP contribution is 2.31. The molecule has 0 bridgehead atoms. The van der Waals surface area contributed by atoms with Gasteiger partial charge >= 0.3 is 0 Å². The standard InChI is InChI=1S/C23H28F3NO2/c1-2-23(12-14-29-23)28-13-6-4-3-5-7-17-8-10-18(11-9-17)27-19-15-20(24)22(26)21(25)16-19/h8-11,15-16,27H,2-7,12-14H2,1H3. The number of halogens is 3. The van der Waals surface area contributed by atoms with Crippen molar-refractivity contribution in [3.05, 3.63) is 59.4 Å². The number of hydrogen-bond donors (Lipinski definition) is 1. The number of unbranched alkanes of at least 4 members (excludes halogenated alkanes) is 3. The van der Waals surface area contributed by atoms with E-state index in [9.17, 15) is 13.2 Å². The highest BCUT2D eigenvalue weighted by atomic mass is 19.2. The Bertz CT molecular complexity index is 763.